The van der Waals surface area contributed by atoms with Crippen molar-refractivity contribution in [1.82, 2.24) is 4.90 Å². The van der Waals surface area contributed by atoms with Crippen molar-refractivity contribution >= 4 is 21.8 Å². The Kier molecular flexibility index (Phi) is 6.67. The Bertz CT molecular complexity index is 492. The third kappa shape index (κ3) is 5.00. The van der Waals surface area contributed by atoms with E-state index in [9.17, 15) is 18.0 Å². The van der Waals surface area contributed by atoms with Crippen LogP contribution in [-0.4, -0.2) is 35.6 Å². The first kappa shape index (κ1) is 18.0. The number of carbonyl (C=O) groups is 1. The third-order valence-electron chi connectivity index (χ3n) is 2.96. The van der Waals surface area contributed by atoms with Crippen LogP contribution in [0.5, 0.6) is 0 Å². The quantitative estimate of drug-likeness (QED) is 0.832. The first-order valence-corrected chi connectivity index (χ1v) is 7.37. The number of amides is 1. The molecule has 0 saturated carbocycles. The number of hydrogen-bond donors (Lipinski definition) is 1. The van der Waals surface area contributed by atoms with Crippen molar-refractivity contribution in [3.63, 3.8) is 0 Å². The van der Waals surface area contributed by atoms with E-state index < -0.39 is 17.6 Å². The van der Waals surface area contributed by atoms with E-state index >= 15 is 0 Å². The molecule has 0 aliphatic heterocycles. The van der Waals surface area contributed by atoms with Gasteiger partial charge in [-0.1, -0.05) is 13.3 Å². The maximum atomic E-state index is 12.7. The molecule has 0 saturated heterocycles. The van der Waals surface area contributed by atoms with Crippen molar-refractivity contribution in [2.45, 2.75) is 25.9 Å². The van der Waals surface area contributed by atoms with E-state index in [-0.39, 0.29) is 18.7 Å². The summed E-state index contributed by atoms with van der Waals surface area (Å²) in [6, 6.07) is 2.97. The summed E-state index contributed by atoms with van der Waals surface area (Å²) in [4.78, 5) is 13.7. The predicted octanol–water partition coefficient (Wildman–Crippen LogP) is 3.70. The summed E-state index contributed by atoms with van der Waals surface area (Å²) in [6.07, 6.45) is -2.93. The number of carbonyl (C=O) groups excluding carboxylic acids is 1. The van der Waals surface area contributed by atoms with Crippen LogP contribution in [0.2, 0.25) is 0 Å². The second-order valence-electron chi connectivity index (χ2n) is 4.56. The van der Waals surface area contributed by atoms with Crippen LogP contribution in [0.25, 0.3) is 0 Å². The molecule has 1 aromatic carbocycles. The number of nitrogens with zero attached hydrogens (tertiary/aromatic N) is 1. The lowest BCUT2D eigenvalue weighted by atomic mass is 10.1. The van der Waals surface area contributed by atoms with Crippen molar-refractivity contribution in [3.05, 3.63) is 33.8 Å². The van der Waals surface area contributed by atoms with Gasteiger partial charge in [0, 0.05) is 17.6 Å². The first-order chi connectivity index (χ1) is 9.81. The highest BCUT2D eigenvalue weighted by Crippen LogP contribution is 2.32. The zero-order valence-corrected chi connectivity index (χ0v) is 13.2. The van der Waals surface area contributed by atoms with Gasteiger partial charge in [0.25, 0.3) is 5.91 Å². The second kappa shape index (κ2) is 7.79. The van der Waals surface area contributed by atoms with Gasteiger partial charge >= 0.3 is 6.18 Å². The molecular formula is C14H17BrF3NO2. The SMILES string of the molecule is CCCCN(CCO)C(=O)c1cc(C(F)(F)F)ccc1Br. The van der Waals surface area contributed by atoms with E-state index in [1.54, 1.807) is 0 Å². The van der Waals surface area contributed by atoms with Gasteiger partial charge in [0.2, 0.25) is 0 Å². The van der Waals surface area contributed by atoms with Crippen LogP contribution in [0.1, 0.15) is 35.7 Å². The summed E-state index contributed by atoms with van der Waals surface area (Å²) in [5, 5.41) is 9.00. The summed E-state index contributed by atoms with van der Waals surface area (Å²) in [5.74, 6) is -0.518. The van der Waals surface area contributed by atoms with Gasteiger partial charge in [0.15, 0.2) is 0 Å². The Morgan fingerprint density at radius 3 is 2.52 bits per heavy atom. The summed E-state index contributed by atoms with van der Waals surface area (Å²) in [5.41, 5.74) is -0.914. The van der Waals surface area contributed by atoms with Gasteiger partial charge in [0.1, 0.15) is 0 Å². The topological polar surface area (TPSA) is 40.5 Å². The van der Waals surface area contributed by atoms with E-state index in [2.05, 4.69) is 15.9 Å². The summed E-state index contributed by atoms with van der Waals surface area (Å²) in [7, 11) is 0. The molecule has 1 N–H and O–H groups in total. The zero-order chi connectivity index (χ0) is 16.0. The predicted molar refractivity (Wildman–Crippen MR) is 77.0 cm³/mol. The summed E-state index contributed by atoms with van der Waals surface area (Å²) in [6.45, 7) is 2.22. The fraction of sp³-hybridized carbons (Fsp3) is 0.500. The molecule has 0 spiro atoms. The number of aliphatic hydroxyl groups is 1. The number of hydrogen-bond acceptors (Lipinski definition) is 2. The van der Waals surface area contributed by atoms with Gasteiger partial charge < -0.3 is 10.0 Å². The Morgan fingerprint density at radius 2 is 2.00 bits per heavy atom. The molecule has 0 bridgehead atoms. The smallest absolute Gasteiger partial charge is 0.395 e. The first-order valence-electron chi connectivity index (χ1n) is 6.58. The van der Waals surface area contributed by atoms with E-state index in [0.717, 1.165) is 25.0 Å². The Labute approximate surface area is 129 Å². The number of benzene rings is 1. The van der Waals surface area contributed by atoms with Gasteiger partial charge in [0.05, 0.1) is 17.7 Å². The maximum Gasteiger partial charge on any atom is 0.416 e. The van der Waals surface area contributed by atoms with E-state index in [4.69, 9.17) is 5.11 Å². The molecule has 7 heteroatoms. The molecule has 0 aliphatic rings. The van der Waals surface area contributed by atoms with Crippen molar-refractivity contribution in [1.29, 1.82) is 0 Å². The molecule has 1 rings (SSSR count). The molecule has 0 fully saturated rings. The molecule has 1 amide bonds. The molecule has 0 radical (unpaired) electrons. The second-order valence-corrected chi connectivity index (χ2v) is 5.42. The lowest BCUT2D eigenvalue weighted by Gasteiger charge is -2.22. The van der Waals surface area contributed by atoms with Crippen LogP contribution >= 0.6 is 15.9 Å². The van der Waals surface area contributed by atoms with Crippen LogP contribution < -0.4 is 0 Å². The number of alkyl halides is 3. The number of aliphatic hydroxyl groups excluding tert-OH is 1. The van der Waals surface area contributed by atoms with Gasteiger partial charge in [-0.05, 0) is 40.5 Å². The molecule has 0 aromatic heterocycles. The number of halogens is 4. The van der Waals surface area contributed by atoms with Gasteiger partial charge in [-0.3, -0.25) is 4.79 Å². The minimum absolute atomic E-state index is 0.0469. The molecule has 0 heterocycles. The molecule has 0 aliphatic carbocycles. The van der Waals surface area contributed by atoms with E-state index in [1.807, 2.05) is 6.92 Å². The van der Waals surface area contributed by atoms with Crippen LogP contribution in [0.3, 0.4) is 0 Å². The molecular weight excluding hydrogens is 351 g/mol. The molecule has 3 nitrogen and oxygen atoms in total. The minimum atomic E-state index is -4.50. The van der Waals surface area contributed by atoms with Gasteiger partial charge in [-0.25, -0.2) is 0 Å². The number of rotatable bonds is 6. The largest absolute Gasteiger partial charge is 0.416 e. The Morgan fingerprint density at radius 1 is 1.33 bits per heavy atom. The monoisotopic (exact) mass is 367 g/mol. The van der Waals surface area contributed by atoms with Gasteiger partial charge in [-0.15, -0.1) is 0 Å². The molecule has 0 unspecified atom stereocenters. The highest BCUT2D eigenvalue weighted by molar-refractivity contribution is 9.10. The Balaban J connectivity index is 3.08. The zero-order valence-electron chi connectivity index (χ0n) is 11.6. The fourth-order valence-corrected chi connectivity index (χ4v) is 2.24. The summed E-state index contributed by atoms with van der Waals surface area (Å²) >= 11 is 3.11. The normalized spacial score (nSPS) is 11.5. The Hall–Kier alpha value is -1.08. The molecule has 1 aromatic rings. The van der Waals surface area contributed by atoms with Crippen molar-refractivity contribution in [3.8, 4) is 0 Å². The lowest BCUT2D eigenvalue weighted by Crippen LogP contribution is -2.34. The van der Waals surface area contributed by atoms with Crippen molar-refractivity contribution in [2.24, 2.45) is 0 Å². The van der Waals surface area contributed by atoms with Crippen LogP contribution in [-0.2, 0) is 6.18 Å². The average Bonchev–Trinajstić information content (AvgIpc) is 2.42. The fourth-order valence-electron chi connectivity index (χ4n) is 1.82. The van der Waals surface area contributed by atoms with Crippen LogP contribution in [0, 0.1) is 0 Å². The summed E-state index contributed by atoms with van der Waals surface area (Å²) < 4.78 is 38.5. The van der Waals surface area contributed by atoms with Crippen molar-refractivity contribution in [2.75, 3.05) is 19.7 Å². The molecule has 118 valence electrons. The van der Waals surface area contributed by atoms with E-state index in [0.29, 0.717) is 11.0 Å². The highest BCUT2D eigenvalue weighted by atomic mass is 79.9. The maximum absolute atomic E-state index is 12.7. The van der Waals surface area contributed by atoms with Crippen LogP contribution in [0.15, 0.2) is 22.7 Å². The molecule has 21 heavy (non-hydrogen) atoms. The highest BCUT2D eigenvalue weighted by Gasteiger charge is 2.32. The van der Waals surface area contributed by atoms with Crippen molar-refractivity contribution < 1.29 is 23.1 Å². The standard InChI is InChI=1S/C14H17BrF3NO2/c1-2-3-6-19(7-8-20)13(21)11-9-10(14(16,17)18)4-5-12(11)15/h4-5,9,20H,2-3,6-8H2,1H3. The number of unbranched alkanes of at least 4 members (excludes halogenated alkanes) is 1. The minimum Gasteiger partial charge on any atom is -0.395 e. The van der Waals surface area contributed by atoms with Gasteiger partial charge in [-0.2, -0.15) is 13.2 Å². The third-order valence-corrected chi connectivity index (χ3v) is 3.65. The molecule has 0 atom stereocenters. The average molecular weight is 368 g/mol. The van der Waals surface area contributed by atoms with E-state index in [1.165, 1.54) is 11.0 Å². The lowest BCUT2D eigenvalue weighted by molar-refractivity contribution is -0.137. The van der Waals surface area contributed by atoms with Crippen LogP contribution in [0.4, 0.5) is 13.2 Å².